The van der Waals surface area contributed by atoms with Crippen LogP contribution in [0.3, 0.4) is 0 Å². The highest BCUT2D eigenvalue weighted by Gasteiger charge is 2.24. The van der Waals surface area contributed by atoms with Crippen molar-refractivity contribution in [2.45, 2.75) is 39.5 Å². The number of hydrogen-bond acceptors (Lipinski definition) is 5. The van der Waals surface area contributed by atoms with E-state index in [9.17, 15) is 4.79 Å². The van der Waals surface area contributed by atoms with E-state index in [1.807, 2.05) is 0 Å². The monoisotopic (exact) mass is 215 g/mol. The van der Waals surface area contributed by atoms with Gasteiger partial charge in [-0.05, 0) is 27.7 Å². The molecule has 0 radical (unpaired) electrons. The van der Waals surface area contributed by atoms with Crippen LogP contribution in [0.25, 0.3) is 0 Å². The second kappa shape index (κ2) is 4.06. The number of guanidine groups is 1. The van der Waals surface area contributed by atoms with Crippen LogP contribution in [0.4, 0.5) is 4.79 Å². The van der Waals surface area contributed by atoms with Crippen molar-refractivity contribution >= 4 is 12.1 Å². The predicted molar refractivity (Wildman–Crippen MR) is 55.1 cm³/mol. The van der Waals surface area contributed by atoms with E-state index >= 15 is 0 Å². The molecule has 0 aromatic heterocycles. The summed E-state index contributed by atoms with van der Waals surface area (Å²) in [6, 6.07) is 0. The molecular weight excluding hydrogens is 198 g/mol. The highest BCUT2D eigenvalue weighted by molar-refractivity contribution is 5.93. The van der Waals surface area contributed by atoms with Gasteiger partial charge in [-0.3, -0.25) is 5.32 Å². The Kier molecular flexibility index (Phi) is 3.18. The molecule has 1 amide bonds. The molecule has 1 heterocycles. The smallest absolute Gasteiger partial charge is 0.414 e. The molecule has 0 aromatic rings. The van der Waals surface area contributed by atoms with Gasteiger partial charge in [-0.2, -0.15) is 0 Å². The minimum absolute atomic E-state index is 0.278. The van der Waals surface area contributed by atoms with E-state index in [4.69, 9.17) is 9.57 Å². The van der Waals surface area contributed by atoms with E-state index in [1.54, 1.807) is 34.7 Å². The number of ether oxygens (including phenoxy) is 1. The fraction of sp³-hybridized carbons (Fsp3) is 0.778. The lowest BCUT2D eigenvalue weighted by atomic mass is 10.2. The van der Waals surface area contributed by atoms with Crippen LogP contribution in [0.5, 0.6) is 0 Å². The fourth-order valence-corrected chi connectivity index (χ4v) is 1.06. The molecule has 0 bridgehead atoms. The third-order valence-electron chi connectivity index (χ3n) is 1.53. The largest absolute Gasteiger partial charge is 0.444 e. The van der Waals surface area contributed by atoms with Gasteiger partial charge in [-0.1, -0.05) is 0 Å². The van der Waals surface area contributed by atoms with Crippen LogP contribution in [-0.2, 0) is 9.57 Å². The first kappa shape index (κ1) is 11.8. The van der Waals surface area contributed by atoms with Crippen LogP contribution in [-0.4, -0.2) is 36.0 Å². The molecule has 6 nitrogen and oxygen atoms in total. The van der Waals surface area contributed by atoms with Gasteiger partial charge in [-0.25, -0.2) is 19.7 Å². The molecule has 86 valence electrons. The standard InChI is InChI=1S/C9H17N3O3/c1-6-10-7(12(5)15-6)11-8(13)14-9(2,3)4/h6H,1-5H3,(H,10,11,13). The molecule has 0 aliphatic carbocycles. The van der Waals surface area contributed by atoms with Gasteiger partial charge in [-0.15, -0.1) is 0 Å². The lowest BCUT2D eigenvalue weighted by molar-refractivity contribution is -0.0980. The zero-order valence-electron chi connectivity index (χ0n) is 9.70. The first-order chi connectivity index (χ1) is 6.78. The SMILES string of the molecule is CC1N=C(NC(=O)OC(C)(C)C)N(C)O1. The van der Waals surface area contributed by atoms with Crippen LogP contribution >= 0.6 is 0 Å². The molecule has 0 fully saturated rings. The van der Waals surface area contributed by atoms with Gasteiger partial charge in [0.15, 0.2) is 6.23 Å². The van der Waals surface area contributed by atoms with Crippen LogP contribution in [0, 0.1) is 0 Å². The molecular formula is C9H17N3O3. The number of amides is 1. The summed E-state index contributed by atoms with van der Waals surface area (Å²) in [5, 5.41) is 3.90. The third-order valence-corrected chi connectivity index (χ3v) is 1.53. The molecule has 0 aromatic carbocycles. The minimum atomic E-state index is -0.536. The second-order valence-corrected chi connectivity index (χ2v) is 4.28. The number of nitrogens with one attached hydrogen (secondary N) is 1. The first-order valence-corrected chi connectivity index (χ1v) is 4.76. The van der Waals surface area contributed by atoms with E-state index in [2.05, 4.69) is 10.3 Å². The van der Waals surface area contributed by atoms with Crippen LogP contribution in [0.1, 0.15) is 27.7 Å². The molecule has 15 heavy (non-hydrogen) atoms. The van der Waals surface area contributed by atoms with Crippen molar-refractivity contribution in [1.82, 2.24) is 10.4 Å². The Morgan fingerprint density at radius 2 is 2.20 bits per heavy atom. The van der Waals surface area contributed by atoms with Crippen molar-refractivity contribution in [2.24, 2.45) is 4.99 Å². The van der Waals surface area contributed by atoms with Gasteiger partial charge in [0.1, 0.15) is 5.60 Å². The van der Waals surface area contributed by atoms with Crippen LogP contribution in [0.2, 0.25) is 0 Å². The number of carbonyl (C=O) groups excluding carboxylic acids is 1. The van der Waals surface area contributed by atoms with Crippen molar-refractivity contribution in [3.8, 4) is 0 Å². The molecule has 1 atom stereocenters. The van der Waals surface area contributed by atoms with E-state index in [-0.39, 0.29) is 6.23 Å². The molecule has 1 aliphatic heterocycles. The zero-order valence-corrected chi connectivity index (χ0v) is 9.70. The molecule has 0 saturated heterocycles. The third kappa shape index (κ3) is 3.75. The van der Waals surface area contributed by atoms with Crippen molar-refractivity contribution in [1.29, 1.82) is 0 Å². The molecule has 1 unspecified atom stereocenters. The second-order valence-electron chi connectivity index (χ2n) is 4.28. The molecule has 6 heteroatoms. The Bertz CT molecular complexity index is 283. The number of aliphatic imine (C=N–C) groups is 1. The van der Waals surface area contributed by atoms with Gasteiger partial charge in [0.2, 0.25) is 5.96 Å². The van der Waals surface area contributed by atoms with Crippen molar-refractivity contribution in [3.05, 3.63) is 0 Å². The topological polar surface area (TPSA) is 63.2 Å². The molecule has 1 aliphatic rings. The Morgan fingerprint density at radius 3 is 2.60 bits per heavy atom. The summed E-state index contributed by atoms with van der Waals surface area (Å²) in [5.41, 5.74) is -0.520. The summed E-state index contributed by atoms with van der Waals surface area (Å²) in [5.74, 6) is 0.358. The van der Waals surface area contributed by atoms with Crippen molar-refractivity contribution in [3.63, 3.8) is 0 Å². The normalized spacial score (nSPS) is 21.3. The van der Waals surface area contributed by atoms with Gasteiger partial charge < -0.3 is 4.74 Å². The lowest BCUT2D eigenvalue weighted by Crippen LogP contribution is -2.41. The predicted octanol–water partition coefficient (Wildman–Crippen LogP) is 1.09. The van der Waals surface area contributed by atoms with Crippen molar-refractivity contribution in [2.75, 3.05) is 7.05 Å². The lowest BCUT2D eigenvalue weighted by Gasteiger charge is -2.20. The Hall–Kier alpha value is -1.30. The van der Waals surface area contributed by atoms with E-state index in [0.717, 1.165) is 0 Å². The number of carbonyl (C=O) groups is 1. The average Bonchev–Trinajstić information content (AvgIpc) is 2.25. The summed E-state index contributed by atoms with van der Waals surface area (Å²) in [6.45, 7) is 7.17. The number of nitrogens with zero attached hydrogens (tertiary/aromatic N) is 2. The quantitative estimate of drug-likeness (QED) is 0.657. The number of rotatable bonds is 0. The maximum atomic E-state index is 11.4. The highest BCUT2D eigenvalue weighted by atomic mass is 16.7. The minimum Gasteiger partial charge on any atom is -0.444 e. The highest BCUT2D eigenvalue weighted by Crippen LogP contribution is 2.09. The van der Waals surface area contributed by atoms with Crippen molar-refractivity contribution < 1.29 is 14.4 Å². The van der Waals surface area contributed by atoms with Gasteiger partial charge >= 0.3 is 6.09 Å². The van der Waals surface area contributed by atoms with Crippen LogP contribution < -0.4 is 5.32 Å². The molecule has 0 spiro atoms. The molecule has 0 saturated carbocycles. The summed E-state index contributed by atoms with van der Waals surface area (Å²) in [7, 11) is 1.67. The zero-order chi connectivity index (χ0) is 11.6. The maximum Gasteiger partial charge on any atom is 0.414 e. The fourth-order valence-electron chi connectivity index (χ4n) is 1.06. The molecule has 1 N–H and O–H groups in total. The van der Waals surface area contributed by atoms with E-state index < -0.39 is 11.7 Å². The number of hydroxylamine groups is 2. The number of alkyl carbamates (subject to hydrolysis) is 1. The first-order valence-electron chi connectivity index (χ1n) is 4.76. The summed E-state index contributed by atoms with van der Waals surface area (Å²) < 4.78 is 5.07. The van der Waals surface area contributed by atoms with E-state index in [1.165, 1.54) is 5.06 Å². The van der Waals surface area contributed by atoms with E-state index in [0.29, 0.717) is 5.96 Å². The summed E-state index contributed by atoms with van der Waals surface area (Å²) in [6.07, 6.45) is -0.814. The van der Waals surface area contributed by atoms with Crippen LogP contribution in [0.15, 0.2) is 4.99 Å². The Balaban J connectivity index is 2.49. The summed E-state index contributed by atoms with van der Waals surface area (Å²) in [4.78, 5) is 20.6. The maximum absolute atomic E-state index is 11.4. The van der Waals surface area contributed by atoms with Gasteiger partial charge in [0.05, 0.1) is 0 Å². The van der Waals surface area contributed by atoms with Gasteiger partial charge in [0.25, 0.3) is 0 Å². The molecule has 1 rings (SSSR count). The van der Waals surface area contributed by atoms with Gasteiger partial charge in [0, 0.05) is 7.05 Å². The average molecular weight is 215 g/mol. The summed E-state index contributed by atoms with van der Waals surface area (Å²) >= 11 is 0. The Labute approximate surface area is 89.2 Å². The Morgan fingerprint density at radius 1 is 1.60 bits per heavy atom. The number of hydrogen-bond donors (Lipinski definition) is 1.